The maximum absolute atomic E-state index is 12.5. The van der Waals surface area contributed by atoms with E-state index in [-0.39, 0.29) is 9.01 Å². The molecule has 0 bridgehead atoms. The first-order valence-electron chi connectivity index (χ1n) is 7.24. The molecule has 0 aliphatic heterocycles. The van der Waals surface area contributed by atoms with E-state index in [0.717, 1.165) is 16.9 Å². The van der Waals surface area contributed by atoms with Gasteiger partial charge in [-0.2, -0.15) is 8.42 Å². The number of carbonyl (C=O) groups is 1. The highest BCUT2D eigenvalue weighted by atomic mass is 35.5. The Labute approximate surface area is 162 Å². The number of aromatic nitrogens is 1. The summed E-state index contributed by atoms with van der Waals surface area (Å²) in [7, 11) is -2.59. The summed E-state index contributed by atoms with van der Waals surface area (Å²) in [6.45, 7) is 4.08. The molecule has 0 aliphatic rings. The first-order chi connectivity index (χ1) is 12.4. The number of esters is 1. The van der Waals surface area contributed by atoms with Crippen LogP contribution in [-0.2, 0) is 21.3 Å². The van der Waals surface area contributed by atoms with Crippen molar-refractivity contribution in [1.29, 1.82) is 0 Å². The Morgan fingerprint density at radius 2 is 2.12 bits per heavy atom. The van der Waals surface area contributed by atoms with E-state index in [4.69, 9.17) is 16.3 Å². The minimum absolute atomic E-state index is 0.0698. The topological polar surface area (TPSA) is 77.7 Å². The van der Waals surface area contributed by atoms with Crippen molar-refractivity contribution in [2.24, 2.45) is 4.40 Å². The number of ether oxygens (including phenoxy) is 1. The second kappa shape index (κ2) is 7.36. The zero-order valence-corrected chi connectivity index (χ0v) is 16.7. The van der Waals surface area contributed by atoms with Crippen LogP contribution in [0.25, 0.3) is 10.2 Å². The summed E-state index contributed by atoms with van der Waals surface area (Å²) in [6, 6.07) is 7.94. The van der Waals surface area contributed by atoms with E-state index in [0.29, 0.717) is 21.1 Å². The standard InChI is InChI=1S/C16H13ClN2O4S3/c1-3-8-19-11-5-4-10(15(20)23-2)9-12(11)24-16(19)18-26(21,22)14-7-6-13(17)25-14/h3-7,9H,1,8H2,2H3. The Kier molecular flexibility index (Phi) is 5.33. The number of halogens is 1. The van der Waals surface area contributed by atoms with Crippen molar-refractivity contribution < 1.29 is 17.9 Å². The minimum atomic E-state index is -3.89. The molecule has 0 aliphatic carbocycles. The molecule has 0 amide bonds. The highest BCUT2D eigenvalue weighted by Crippen LogP contribution is 2.27. The van der Waals surface area contributed by atoms with Crippen LogP contribution in [0.2, 0.25) is 4.34 Å². The Morgan fingerprint density at radius 3 is 2.73 bits per heavy atom. The van der Waals surface area contributed by atoms with Crippen molar-refractivity contribution in [1.82, 2.24) is 4.57 Å². The number of benzene rings is 1. The van der Waals surface area contributed by atoms with Crippen molar-refractivity contribution in [3.8, 4) is 0 Å². The molecule has 3 rings (SSSR count). The van der Waals surface area contributed by atoms with Crippen LogP contribution < -0.4 is 4.80 Å². The van der Waals surface area contributed by atoms with Gasteiger partial charge in [-0.05, 0) is 30.3 Å². The molecule has 6 nitrogen and oxygen atoms in total. The number of sulfonamides is 1. The van der Waals surface area contributed by atoms with Crippen molar-refractivity contribution in [2.75, 3.05) is 7.11 Å². The normalized spacial score (nSPS) is 12.5. The number of carbonyl (C=O) groups excluding carboxylic acids is 1. The summed E-state index contributed by atoms with van der Waals surface area (Å²) in [6.07, 6.45) is 1.65. The Bertz CT molecular complexity index is 1170. The molecule has 2 heterocycles. The molecule has 0 saturated heterocycles. The van der Waals surface area contributed by atoms with Crippen molar-refractivity contribution in [3.05, 3.63) is 57.7 Å². The van der Waals surface area contributed by atoms with Gasteiger partial charge in [0.15, 0.2) is 0 Å². The van der Waals surface area contributed by atoms with E-state index in [1.807, 2.05) is 0 Å². The Hall–Kier alpha value is -1.94. The molecule has 0 spiro atoms. The number of thiazole rings is 1. The maximum Gasteiger partial charge on any atom is 0.337 e. The molecule has 0 radical (unpaired) electrons. The van der Waals surface area contributed by atoms with E-state index < -0.39 is 16.0 Å². The van der Waals surface area contributed by atoms with Crippen LogP contribution in [0.3, 0.4) is 0 Å². The summed E-state index contributed by atoms with van der Waals surface area (Å²) in [4.78, 5) is 12.0. The number of nitrogens with zero attached hydrogens (tertiary/aromatic N) is 2. The summed E-state index contributed by atoms with van der Waals surface area (Å²) in [5.74, 6) is -0.463. The molecule has 26 heavy (non-hydrogen) atoms. The lowest BCUT2D eigenvalue weighted by molar-refractivity contribution is 0.0601. The van der Waals surface area contributed by atoms with Gasteiger partial charge in [0.2, 0.25) is 4.80 Å². The summed E-state index contributed by atoms with van der Waals surface area (Å²) in [5, 5.41) is 0. The van der Waals surface area contributed by atoms with Crippen LogP contribution in [-0.4, -0.2) is 26.1 Å². The molecule has 10 heteroatoms. The van der Waals surface area contributed by atoms with Crippen LogP contribution in [0.15, 0.2) is 51.6 Å². The molecular formula is C16H13ClN2O4S3. The number of rotatable bonds is 5. The fourth-order valence-corrected chi connectivity index (χ4v) is 6.02. The van der Waals surface area contributed by atoms with Crippen LogP contribution in [0.1, 0.15) is 10.4 Å². The molecule has 0 saturated carbocycles. The second-order valence-electron chi connectivity index (χ2n) is 5.08. The maximum atomic E-state index is 12.5. The number of hydrogen-bond acceptors (Lipinski definition) is 6. The lowest BCUT2D eigenvalue weighted by atomic mass is 10.2. The van der Waals surface area contributed by atoms with Gasteiger partial charge in [-0.15, -0.1) is 22.3 Å². The van der Waals surface area contributed by atoms with Crippen molar-refractivity contribution in [2.45, 2.75) is 10.8 Å². The van der Waals surface area contributed by atoms with E-state index in [9.17, 15) is 13.2 Å². The van der Waals surface area contributed by atoms with Gasteiger partial charge in [0.05, 0.1) is 27.2 Å². The summed E-state index contributed by atoms with van der Waals surface area (Å²) >= 11 is 7.94. The fraction of sp³-hybridized carbons (Fsp3) is 0.125. The molecule has 0 unspecified atom stereocenters. The molecule has 136 valence electrons. The van der Waals surface area contributed by atoms with Crippen LogP contribution >= 0.6 is 34.3 Å². The van der Waals surface area contributed by atoms with E-state index >= 15 is 0 Å². The number of allylic oxidation sites excluding steroid dienone is 1. The predicted octanol–water partition coefficient (Wildman–Crippen LogP) is 3.68. The largest absolute Gasteiger partial charge is 0.465 e. The van der Waals surface area contributed by atoms with E-state index in [2.05, 4.69) is 11.0 Å². The molecule has 1 aromatic carbocycles. The molecule has 0 atom stereocenters. The van der Waals surface area contributed by atoms with Crippen LogP contribution in [0.5, 0.6) is 0 Å². The van der Waals surface area contributed by atoms with Gasteiger partial charge < -0.3 is 9.30 Å². The van der Waals surface area contributed by atoms with Gasteiger partial charge in [0, 0.05) is 6.54 Å². The zero-order valence-electron chi connectivity index (χ0n) is 13.5. The van der Waals surface area contributed by atoms with Gasteiger partial charge in [-0.25, -0.2) is 4.79 Å². The van der Waals surface area contributed by atoms with Gasteiger partial charge >= 0.3 is 5.97 Å². The van der Waals surface area contributed by atoms with Crippen molar-refractivity contribution >= 4 is 60.5 Å². The Balaban J connectivity index is 2.22. The second-order valence-corrected chi connectivity index (χ2v) is 9.64. The number of hydrogen-bond donors (Lipinski definition) is 0. The monoisotopic (exact) mass is 428 g/mol. The molecule has 0 N–H and O–H groups in total. The van der Waals surface area contributed by atoms with E-state index in [1.54, 1.807) is 28.8 Å². The first-order valence-corrected chi connectivity index (χ1v) is 10.7. The SMILES string of the molecule is C=CCn1c(=NS(=O)(=O)c2ccc(Cl)s2)sc2cc(C(=O)OC)ccc21. The number of fused-ring (bicyclic) bond motifs is 1. The third kappa shape index (κ3) is 3.61. The highest BCUT2D eigenvalue weighted by molar-refractivity contribution is 7.92. The summed E-state index contributed by atoms with van der Waals surface area (Å²) in [5.41, 5.74) is 1.13. The summed E-state index contributed by atoms with van der Waals surface area (Å²) < 4.78 is 36.7. The highest BCUT2D eigenvalue weighted by Gasteiger charge is 2.17. The number of methoxy groups -OCH3 is 1. The van der Waals surface area contributed by atoms with E-state index in [1.165, 1.54) is 30.6 Å². The third-order valence-corrected chi connectivity index (χ3v) is 7.54. The quantitative estimate of drug-likeness (QED) is 0.458. The van der Waals surface area contributed by atoms with Gasteiger partial charge in [-0.1, -0.05) is 29.0 Å². The molecule has 2 aromatic heterocycles. The number of thiophene rings is 1. The van der Waals surface area contributed by atoms with Gasteiger partial charge in [-0.3, -0.25) is 0 Å². The lowest BCUT2D eigenvalue weighted by Crippen LogP contribution is -2.16. The average molecular weight is 429 g/mol. The smallest absolute Gasteiger partial charge is 0.337 e. The van der Waals surface area contributed by atoms with Crippen LogP contribution in [0.4, 0.5) is 0 Å². The fourth-order valence-electron chi connectivity index (χ4n) is 2.28. The average Bonchev–Trinajstić information content (AvgIpc) is 3.18. The Morgan fingerprint density at radius 1 is 1.35 bits per heavy atom. The molecular weight excluding hydrogens is 416 g/mol. The van der Waals surface area contributed by atoms with Crippen molar-refractivity contribution in [3.63, 3.8) is 0 Å². The third-order valence-electron chi connectivity index (χ3n) is 3.42. The van der Waals surface area contributed by atoms with Crippen LogP contribution in [0, 0.1) is 0 Å². The first kappa shape index (κ1) is 18.8. The predicted molar refractivity (Wildman–Crippen MR) is 103 cm³/mol. The molecule has 0 fully saturated rings. The zero-order chi connectivity index (χ0) is 18.9. The van der Waals surface area contributed by atoms with Gasteiger partial charge in [0.1, 0.15) is 4.21 Å². The lowest BCUT2D eigenvalue weighted by Gasteiger charge is -2.02. The minimum Gasteiger partial charge on any atom is -0.465 e. The van der Waals surface area contributed by atoms with Gasteiger partial charge in [0.25, 0.3) is 10.0 Å². The molecule has 3 aromatic rings.